The molecule has 2 aliphatic heterocycles. The number of hydrogen-bond donors (Lipinski definition) is 1. The van der Waals surface area contributed by atoms with Crippen LogP contribution in [-0.4, -0.2) is 42.9 Å². The Kier molecular flexibility index (Phi) is 7.69. The van der Waals surface area contributed by atoms with Crippen LogP contribution in [-0.2, 0) is 26.3 Å². The number of likely N-dealkylation sites (tertiary alicyclic amines) is 1. The van der Waals surface area contributed by atoms with Gasteiger partial charge < -0.3 is 4.74 Å². The van der Waals surface area contributed by atoms with E-state index in [1.165, 1.54) is 7.11 Å². The molecule has 2 aromatic rings. The second-order valence-electron chi connectivity index (χ2n) is 8.45. The number of hydrogen-bond acceptors (Lipinski definition) is 5. The molecule has 2 saturated heterocycles. The number of benzene rings is 2. The molecule has 2 amide bonds. The first-order chi connectivity index (χ1) is 15.0. The quantitative estimate of drug-likeness (QED) is 0.550. The highest BCUT2D eigenvalue weighted by atomic mass is 35.5. The summed E-state index contributed by atoms with van der Waals surface area (Å²) >= 11 is 0. The minimum atomic E-state index is -0.635. The summed E-state index contributed by atoms with van der Waals surface area (Å²) in [5, 5.41) is 2.61. The second kappa shape index (κ2) is 10.3. The Morgan fingerprint density at radius 2 is 1.72 bits per heavy atom. The molecule has 6 nitrogen and oxygen atoms in total. The standard InChI is InChI=1S/C25H28N2O4.ClH/c1-31-23(29)19-9-7-18(8-10-19)17-27-15-12-21(13-16-27)25(20-5-3-2-4-6-20)14-11-22(28)26-24(25)30;/h2-10,21H,11-17H2,1H3,(H,26,28,30);1H. The van der Waals surface area contributed by atoms with E-state index in [-0.39, 0.29) is 36.1 Å². The van der Waals surface area contributed by atoms with Gasteiger partial charge in [-0.3, -0.25) is 19.8 Å². The Hall–Kier alpha value is -2.70. The van der Waals surface area contributed by atoms with Crippen molar-refractivity contribution in [2.75, 3.05) is 20.2 Å². The highest BCUT2D eigenvalue weighted by molar-refractivity contribution is 6.03. The number of carbonyl (C=O) groups is 3. The summed E-state index contributed by atoms with van der Waals surface area (Å²) < 4.78 is 4.75. The topological polar surface area (TPSA) is 75.7 Å². The zero-order chi connectivity index (χ0) is 21.8. The predicted octanol–water partition coefficient (Wildman–Crippen LogP) is 3.48. The van der Waals surface area contributed by atoms with Gasteiger partial charge in [0, 0.05) is 13.0 Å². The Morgan fingerprint density at radius 1 is 1.06 bits per heavy atom. The van der Waals surface area contributed by atoms with E-state index in [0.29, 0.717) is 18.4 Å². The molecule has 1 N–H and O–H groups in total. The van der Waals surface area contributed by atoms with Crippen molar-refractivity contribution < 1.29 is 19.1 Å². The Balaban J connectivity index is 0.00000289. The van der Waals surface area contributed by atoms with Crippen molar-refractivity contribution in [3.05, 3.63) is 71.3 Å². The molecule has 0 bridgehead atoms. The van der Waals surface area contributed by atoms with Crippen molar-refractivity contribution in [3.8, 4) is 0 Å². The fraction of sp³-hybridized carbons (Fsp3) is 0.400. The molecule has 2 heterocycles. The first-order valence-electron chi connectivity index (χ1n) is 10.8. The average Bonchev–Trinajstić information content (AvgIpc) is 2.81. The monoisotopic (exact) mass is 456 g/mol. The van der Waals surface area contributed by atoms with Gasteiger partial charge in [-0.25, -0.2) is 4.79 Å². The number of imide groups is 1. The molecule has 0 spiro atoms. The van der Waals surface area contributed by atoms with E-state index >= 15 is 0 Å². The molecule has 7 heteroatoms. The molecule has 2 aliphatic rings. The van der Waals surface area contributed by atoms with Gasteiger partial charge in [-0.1, -0.05) is 42.5 Å². The smallest absolute Gasteiger partial charge is 0.337 e. The summed E-state index contributed by atoms with van der Waals surface area (Å²) in [6, 6.07) is 17.4. The Morgan fingerprint density at radius 3 is 2.31 bits per heavy atom. The minimum Gasteiger partial charge on any atom is -0.465 e. The number of esters is 1. The minimum absolute atomic E-state index is 0. The number of nitrogens with one attached hydrogen (secondary N) is 1. The number of nitrogens with zero attached hydrogens (tertiary/aromatic N) is 1. The number of piperidine rings is 2. The maximum Gasteiger partial charge on any atom is 0.337 e. The van der Waals surface area contributed by atoms with Crippen LogP contribution in [0.3, 0.4) is 0 Å². The van der Waals surface area contributed by atoms with Gasteiger partial charge in [-0.05, 0) is 61.5 Å². The molecular weight excluding hydrogens is 428 g/mol. The van der Waals surface area contributed by atoms with Crippen LogP contribution >= 0.6 is 12.4 Å². The van der Waals surface area contributed by atoms with E-state index < -0.39 is 5.41 Å². The predicted molar refractivity (Wildman–Crippen MR) is 124 cm³/mol. The van der Waals surface area contributed by atoms with Crippen LogP contribution in [0.1, 0.15) is 47.2 Å². The van der Waals surface area contributed by atoms with Gasteiger partial charge >= 0.3 is 5.97 Å². The number of halogens is 1. The summed E-state index contributed by atoms with van der Waals surface area (Å²) in [6.07, 6.45) is 2.75. The maximum absolute atomic E-state index is 13.1. The lowest BCUT2D eigenvalue weighted by Gasteiger charge is -2.45. The summed E-state index contributed by atoms with van der Waals surface area (Å²) in [6.45, 7) is 2.58. The van der Waals surface area contributed by atoms with Crippen LogP contribution < -0.4 is 5.32 Å². The summed E-state index contributed by atoms with van der Waals surface area (Å²) in [7, 11) is 1.38. The highest BCUT2D eigenvalue weighted by Crippen LogP contribution is 2.44. The van der Waals surface area contributed by atoms with Gasteiger partial charge in [-0.15, -0.1) is 12.4 Å². The zero-order valence-corrected chi connectivity index (χ0v) is 19.0. The fourth-order valence-corrected chi connectivity index (χ4v) is 5.07. The molecule has 1 unspecified atom stereocenters. The van der Waals surface area contributed by atoms with Gasteiger partial charge in [0.2, 0.25) is 11.8 Å². The lowest BCUT2D eigenvalue weighted by Crippen LogP contribution is -2.57. The Labute approximate surface area is 194 Å². The normalized spacial score (nSPS) is 22.0. The fourth-order valence-electron chi connectivity index (χ4n) is 5.07. The van der Waals surface area contributed by atoms with Crippen molar-refractivity contribution in [3.63, 3.8) is 0 Å². The summed E-state index contributed by atoms with van der Waals surface area (Å²) in [5.41, 5.74) is 2.07. The van der Waals surface area contributed by atoms with E-state index in [1.54, 1.807) is 12.1 Å². The molecule has 2 fully saturated rings. The van der Waals surface area contributed by atoms with Crippen LogP contribution in [0.25, 0.3) is 0 Å². The van der Waals surface area contributed by atoms with E-state index in [9.17, 15) is 14.4 Å². The average molecular weight is 457 g/mol. The summed E-state index contributed by atoms with van der Waals surface area (Å²) in [5.74, 6) is -0.458. The van der Waals surface area contributed by atoms with Gasteiger partial charge in [-0.2, -0.15) is 0 Å². The third-order valence-electron chi connectivity index (χ3n) is 6.76. The van der Waals surface area contributed by atoms with Gasteiger partial charge in [0.25, 0.3) is 0 Å². The largest absolute Gasteiger partial charge is 0.465 e. The van der Waals surface area contributed by atoms with E-state index in [0.717, 1.165) is 43.6 Å². The van der Waals surface area contributed by atoms with Gasteiger partial charge in [0.15, 0.2) is 0 Å². The number of amides is 2. The second-order valence-corrected chi connectivity index (χ2v) is 8.45. The first kappa shape index (κ1) is 24.0. The van der Waals surface area contributed by atoms with Crippen LogP contribution in [0, 0.1) is 5.92 Å². The molecule has 0 saturated carbocycles. The zero-order valence-electron chi connectivity index (χ0n) is 18.2. The van der Waals surface area contributed by atoms with Crippen molar-refractivity contribution in [1.82, 2.24) is 10.2 Å². The highest BCUT2D eigenvalue weighted by Gasteiger charge is 2.50. The van der Waals surface area contributed by atoms with Crippen molar-refractivity contribution in [1.29, 1.82) is 0 Å². The Bertz CT molecular complexity index is 956. The molecule has 0 aromatic heterocycles. The summed E-state index contributed by atoms with van der Waals surface area (Å²) in [4.78, 5) is 39.0. The molecule has 0 radical (unpaired) electrons. The van der Waals surface area contributed by atoms with E-state index in [4.69, 9.17) is 4.74 Å². The first-order valence-corrected chi connectivity index (χ1v) is 10.8. The third-order valence-corrected chi connectivity index (χ3v) is 6.76. The van der Waals surface area contributed by atoms with Crippen LogP contribution in [0.4, 0.5) is 0 Å². The van der Waals surface area contributed by atoms with E-state index in [2.05, 4.69) is 10.2 Å². The van der Waals surface area contributed by atoms with E-state index in [1.807, 2.05) is 42.5 Å². The molecule has 4 rings (SSSR count). The van der Waals surface area contributed by atoms with Gasteiger partial charge in [0.05, 0.1) is 18.1 Å². The van der Waals surface area contributed by atoms with Crippen LogP contribution in [0.2, 0.25) is 0 Å². The lowest BCUT2D eigenvalue weighted by atomic mass is 9.62. The number of ether oxygens (including phenoxy) is 1. The maximum atomic E-state index is 13.1. The number of rotatable bonds is 5. The van der Waals surface area contributed by atoms with Crippen molar-refractivity contribution in [2.45, 2.75) is 37.6 Å². The molecule has 0 aliphatic carbocycles. The molecule has 32 heavy (non-hydrogen) atoms. The molecular formula is C25H29ClN2O4. The molecule has 2 aromatic carbocycles. The number of carbonyl (C=O) groups excluding carboxylic acids is 3. The SMILES string of the molecule is COC(=O)c1ccc(CN2CCC(C3(c4ccccc4)CCC(=O)NC3=O)CC2)cc1.Cl. The molecule has 170 valence electrons. The third kappa shape index (κ3) is 4.71. The van der Waals surface area contributed by atoms with Crippen LogP contribution in [0.15, 0.2) is 54.6 Å². The van der Waals surface area contributed by atoms with Crippen LogP contribution in [0.5, 0.6) is 0 Å². The molecule has 1 atom stereocenters. The number of methoxy groups -OCH3 is 1. The van der Waals surface area contributed by atoms with Crippen molar-refractivity contribution >= 4 is 30.2 Å². The van der Waals surface area contributed by atoms with Crippen molar-refractivity contribution in [2.24, 2.45) is 5.92 Å². The van der Waals surface area contributed by atoms with Gasteiger partial charge in [0.1, 0.15) is 0 Å². The lowest BCUT2D eigenvalue weighted by molar-refractivity contribution is -0.140.